The minimum Gasteiger partial charge on any atom is -0.507 e. The van der Waals surface area contributed by atoms with E-state index in [4.69, 9.17) is 4.99 Å². The second kappa shape index (κ2) is 8.76. The van der Waals surface area contributed by atoms with E-state index in [0.717, 1.165) is 22.7 Å². The van der Waals surface area contributed by atoms with Gasteiger partial charge in [0.15, 0.2) is 0 Å². The molecule has 4 nitrogen and oxygen atoms in total. The molecule has 1 N–H and O–H groups in total. The maximum absolute atomic E-state index is 9.97. The molecule has 4 heteroatoms. The van der Waals surface area contributed by atoms with Crippen molar-refractivity contribution in [2.24, 2.45) is 9.98 Å². The minimum atomic E-state index is 0.190. The summed E-state index contributed by atoms with van der Waals surface area (Å²) in [6, 6.07) is 30.5. The highest BCUT2D eigenvalue weighted by atomic mass is 16.3. The predicted octanol–water partition coefficient (Wildman–Crippen LogP) is 5.71. The zero-order chi connectivity index (χ0) is 19.9. The number of hydrogen-bond donors (Lipinski definition) is 1. The van der Waals surface area contributed by atoms with Gasteiger partial charge in [-0.05, 0) is 36.4 Å². The molecule has 3 aromatic carbocycles. The van der Waals surface area contributed by atoms with Gasteiger partial charge in [0.05, 0.1) is 22.8 Å². The molecular weight excluding hydrogens is 358 g/mol. The fourth-order valence-corrected chi connectivity index (χ4v) is 2.89. The van der Waals surface area contributed by atoms with Crippen LogP contribution in [0.1, 0.15) is 16.8 Å². The van der Waals surface area contributed by atoms with Crippen LogP contribution in [0.25, 0.3) is 0 Å². The first-order valence-electron chi connectivity index (χ1n) is 9.28. The van der Waals surface area contributed by atoms with Crippen LogP contribution < -0.4 is 0 Å². The lowest BCUT2D eigenvalue weighted by atomic mass is 10.1. The van der Waals surface area contributed by atoms with Gasteiger partial charge in [0, 0.05) is 23.5 Å². The third kappa shape index (κ3) is 4.45. The van der Waals surface area contributed by atoms with E-state index >= 15 is 0 Å². The number of phenols is 1. The van der Waals surface area contributed by atoms with Crippen molar-refractivity contribution in [3.8, 4) is 5.75 Å². The number of pyridine rings is 1. The minimum absolute atomic E-state index is 0.190. The molecule has 4 rings (SSSR count). The number of phenolic OH excluding ortho intramolecular Hbond substituents is 1. The van der Waals surface area contributed by atoms with Crippen molar-refractivity contribution in [3.63, 3.8) is 0 Å². The van der Waals surface area contributed by atoms with Gasteiger partial charge in [-0.3, -0.25) is 9.98 Å². The van der Waals surface area contributed by atoms with Crippen LogP contribution in [0.2, 0.25) is 0 Å². The third-order valence-corrected chi connectivity index (χ3v) is 4.35. The van der Waals surface area contributed by atoms with E-state index in [-0.39, 0.29) is 5.75 Å². The summed E-state index contributed by atoms with van der Waals surface area (Å²) in [5.41, 5.74) is 4.63. The van der Waals surface area contributed by atoms with Gasteiger partial charge in [-0.2, -0.15) is 0 Å². The number of para-hydroxylation sites is 3. The number of nitrogens with zero attached hydrogens (tertiary/aromatic N) is 3. The number of aromatic hydroxyl groups is 1. The van der Waals surface area contributed by atoms with Crippen molar-refractivity contribution in [3.05, 3.63) is 120 Å². The fourth-order valence-electron chi connectivity index (χ4n) is 2.89. The number of hydrogen-bond acceptors (Lipinski definition) is 4. The van der Waals surface area contributed by atoms with E-state index in [1.165, 1.54) is 0 Å². The Hall–Kier alpha value is -4.05. The Balaban J connectivity index is 1.79. The van der Waals surface area contributed by atoms with Crippen LogP contribution in [0.3, 0.4) is 0 Å². The van der Waals surface area contributed by atoms with E-state index in [0.29, 0.717) is 11.3 Å². The smallest absolute Gasteiger partial charge is 0.124 e. The van der Waals surface area contributed by atoms with Gasteiger partial charge in [-0.25, -0.2) is 4.99 Å². The van der Waals surface area contributed by atoms with E-state index in [2.05, 4.69) is 9.98 Å². The van der Waals surface area contributed by atoms with Crippen molar-refractivity contribution in [1.29, 1.82) is 0 Å². The number of aliphatic imine (C=N–C) groups is 2. The normalized spacial score (nSPS) is 11.7. The van der Waals surface area contributed by atoms with Crippen molar-refractivity contribution < 1.29 is 5.11 Å². The predicted molar refractivity (Wildman–Crippen MR) is 118 cm³/mol. The lowest BCUT2D eigenvalue weighted by Crippen LogP contribution is -2.05. The lowest BCUT2D eigenvalue weighted by Gasteiger charge is -2.08. The summed E-state index contributed by atoms with van der Waals surface area (Å²) < 4.78 is 0. The summed E-state index contributed by atoms with van der Waals surface area (Å²) in [4.78, 5) is 14.0. The summed E-state index contributed by atoms with van der Waals surface area (Å²) in [6.07, 6.45) is 3.41. The Morgan fingerprint density at radius 1 is 0.724 bits per heavy atom. The molecule has 4 aromatic rings. The monoisotopic (exact) mass is 377 g/mol. The van der Waals surface area contributed by atoms with Crippen LogP contribution in [-0.2, 0) is 0 Å². The van der Waals surface area contributed by atoms with Crippen LogP contribution >= 0.6 is 0 Å². The molecule has 0 spiro atoms. The molecule has 0 saturated heterocycles. The Kier molecular flexibility index (Phi) is 5.53. The molecule has 0 aliphatic rings. The number of rotatable bonds is 5. The van der Waals surface area contributed by atoms with Gasteiger partial charge in [-0.1, -0.05) is 60.7 Å². The average Bonchev–Trinajstić information content (AvgIpc) is 2.79. The molecule has 1 heterocycles. The van der Waals surface area contributed by atoms with Gasteiger partial charge in [-0.15, -0.1) is 0 Å². The lowest BCUT2D eigenvalue weighted by molar-refractivity contribution is 0.474. The molecule has 0 bridgehead atoms. The topological polar surface area (TPSA) is 57.8 Å². The highest BCUT2D eigenvalue weighted by Crippen LogP contribution is 2.29. The number of benzene rings is 3. The Bertz CT molecular complexity index is 1110. The fraction of sp³-hybridized carbons (Fsp3) is 0. The molecule has 0 fully saturated rings. The highest BCUT2D eigenvalue weighted by Gasteiger charge is 2.09. The summed E-state index contributed by atoms with van der Waals surface area (Å²) in [5.74, 6) is 0.190. The maximum Gasteiger partial charge on any atom is 0.124 e. The summed E-state index contributed by atoms with van der Waals surface area (Å²) in [6.45, 7) is 0. The van der Waals surface area contributed by atoms with Crippen molar-refractivity contribution in [2.45, 2.75) is 0 Å². The average molecular weight is 377 g/mol. The standard InChI is InChI=1S/C25H19N3O/c29-24-16-7-4-12-20(24)18-27-21-13-5-6-14-22(21)28-25(19-10-2-1-3-11-19)23-15-8-9-17-26-23/h1-18,29H. The van der Waals surface area contributed by atoms with Crippen LogP contribution in [0, 0.1) is 0 Å². The number of aromatic nitrogens is 1. The van der Waals surface area contributed by atoms with Crippen LogP contribution in [-0.4, -0.2) is 22.0 Å². The van der Waals surface area contributed by atoms with Gasteiger partial charge >= 0.3 is 0 Å². The summed E-state index contributed by atoms with van der Waals surface area (Å²) in [5, 5.41) is 9.97. The van der Waals surface area contributed by atoms with Crippen LogP contribution in [0.4, 0.5) is 11.4 Å². The molecule has 0 amide bonds. The van der Waals surface area contributed by atoms with Crippen molar-refractivity contribution in [2.75, 3.05) is 0 Å². The Labute approximate surface area is 169 Å². The van der Waals surface area contributed by atoms with E-state index in [9.17, 15) is 5.11 Å². The molecule has 1 aromatic heterocycles. The Morgan fingerprint density at radius 2 is 1.41 bits per heavy atom. The first-order chi connectivity index (χ1) is 14.3. The highest BCUT2D eigenvalue weighted by molar-refractivity contribution is 6.13. The molecular formula is C25H19N3O. The van der Waals surface area contributed by atoms with Crippen molar-refractivity contribution >= 4 is 23.3 Å². The molecule has 0 saturated carbocycles. The zero-order valence-electron chi connectivity index (χ0n) is 15.7. The molecule has 0 radical (unpaired) electrons. The van der Waals surface area contributed by atoms with Crippen LogP contribution in [0.5, 0.6) is 5.75 Å². The van der Waals surface area contributed by atoms with Gasteiger partial charge < -0.3 is 5.11 Å². The van der Waals surface area contributed by atoms with Gasteiger partial charge in [0.1, 0.15) is 5.75 Å². The first-order valence-corrected chi connectivity index (χ1v) is 9.28. The van der Waals surface area contributed by atoms with Gasteiger partial charge in [0.2, 0.25) is 0 Å². The molecule has 0 aliphatic carbocycles. The van der Waals surface area contributed by atoms with Crippen LogP contribution in [0.15, 0.2) is 113 Å². The SMILES string of the molecule is Oc1ccccc1C=Nc1ccccc1N=C(c1ccccc1)c1ccccn1. The maximum atomic E-state index is 9.97. The zero-order valence-corrected chi connectivity index (χ0v) is 15.7. The summed E-state index contributed by atoms with van der Waals surface area (Å²) in [7, 11) is 0. The quantitative estimate of drug-likeness (QED) is 0.453. The largest absolute Gasteiger partial charge is 0.507 e. The molecule has 29 heavy (non-hydrogen) atoms. The molecule has 0 aliphatic heterocycles. The molecule has 0 atom stereocenters. The van der Waals surface area contributed by atoms with E-state index in [1.807, 2.05) is 84.9 Å². The van der Waals surface area contributed by atoms with Crippen molar-refractivity contribution in [1.82, 2.24) is 4.98 Å². The summed E-state index contributed by atoms with van der Waals surface area (Å²) >= 11 is 0. The first kappa shape index (κ1) is 18.3. The third-order valence-electron chi connectivity index (χ3n) is 4.35. The van der Waals surface area contributed by atoms with E-state index in [1.54, 1.807) is 24.5 Å². The van der Waals surface area contributed by atoms with E-state index < -0.39 is 0 Å². The van der Waals surface area contributed by atoms with Gasteiger partial charge in [0.25, 0.3) is 0 Å². The molecule has 0 unspecified atom stereocenters. The Morgan fingerprint density at radius 3 is 2.17 bits per heavy atom. The second-order valence-electron chi connectivity index (χ2n) is 6.35. The second-order valence-corrected chi connectivity index (χ2v) is 6.35. The molecule has 140 valence electrons.